The van der Waals surface area contributed by atoms with Crippen LogP contribution < -0.4 is 21.3 Å². The van der Waals surface area contributed by atoms with Gasteiger partial charge >= 0.3 is 6.09 Å². The number of hydrogen-bond acceptors (Lipinski definition) is 5. The Morgan fingerprint density at radius 3 is 2.04 bits per heavy atom. The molecule has 1 heterocycles. The largest absolute Gasteiger partial charge is 0.444 e. The molecule has 3 aliphatic rings. The van der Waals surface area contributed by atoms with Crippen molar-refractivity contribution in [3.63, 3.8) is 0 Å². The summed E-state index contributed by atoms with van der Waals surface area (Å²) in [6.45, 7) is 6.15. The number of rotatable bonds is 8. The van der Waals surface area contributed by atoms with Crippen molar-refractivity contribution in [1.29, 1.82) is 0 Å². The molecule has 0 radical (unpaired) electrons. The number of carbonyl (C=O) groups is 3. The Morgan fingerprint density at radius 1 is 0.830 bits per heavy atom. The van der Waals surface area contributed by atoms with Gasteiger partial charge in [-0.25, -0.2) is 4.79 Å². The Morgan fingerprint density at radius 2 is 1.43 bits per heavy atom. The van der Waals surface area contributed by atoms with Crippen LogP contribution in [0.1, 0.15) is 104 Å². The summed E-state index contributed by atoms with van der Waals surface area (Å²) < 4.78 is 5.51. The second-order valence-corrected chi connectivity index (χ2v) is 14.3. The molecule has 2 aliphatic carbocycles. The molecular weight excluding hydrogens is 588 g/mol. The van der Waals surface area contributed by atoms with Gasteiger partial charge in [0.2, 0.25) is 11.8 Å². The van der Waals surface area contributed by atoms with E-state index >= 15 is 0 Å². The average Bonchev–Trinajstić information content (AvgIpc) is 3.55. The predicted octanol–water partition coefficient (Wildman–Crippen LogP) is 5.96. The molecule has 47 heavy (non-hydrogen) atoms. The number of carbonyl (C=O) groups excluding carboxylic acids is 3. The maximum Gasteiger partial charge on any atom is 0.408 e. The number of ether oxygens (including phenoxy) is 1. The first-order valence-electron chi connectivity index (χ1n) is 17.2. The SMILES string of the molecule is CC(C)(C)OC(=O)NC(Cc1ccc(C2CNC(C(=O)NC3CCCc4ccccc43)C2)cc1)C(=O)NC1CCCc2ccccc21. The third-order valence-electron chi connectivity index (χ3n) is 9.72. The summed E-state index contributed by atoms with van der Waals surface area (Å²) in [6.07, 6.45) is 6.43. The summed E-state index contributed by atoms with van der Waals surface area (Å²) in [5.41, 5.74) is 6.39. The molecule has 0 bridgehead atoms. The van der Waals surface area contributed by atoms with Crippen LogP contribution in [-0.2, 0) is 33.6 Å². The minimum atomic E-state index is -0.795. The van der Waals surface area contributed by atoms with Crippen LogP contribution in [0.5, 0.6) is 0 Å². The third kappa shape index (κ3) is 8.22. The molecule has 8 heteroatoms. The zero-order chi connectivity index (χ0) is 33.0. The van der Waals surface area contributed by atoms with E-state index in [1.54, 1.807) is 20.8 Å². The zero-order valence-electron chi connectivity index (χ0n) is 27.8. The maximum atomic E-state index is 13.7. The molecule has 3 aromatic rings. The van der Waals surface area contributed by atoms with Crippen molar-refractivity contribution in [2.24, 2.45) is 0 Å². The summed E-state index contributed by atoms with van der Waals surface area (Å²) in [5.74, 6) is 0.0494. The average molecular weight is 637 g/mol. The topological polar surface area (TPSA) is 109 Å². The van der Waals surface area contributed by atoms with E-state index in [-0.39, 0.29) is 35.9 Å². The van der Waals surface area contributed by atoms with Crippen LogP contribution in [0.3, 0.4) is 0 Å². The fraction of sp³-hybridized carbons (Fsp3) is 0.462. The molecule has 1 fully saturated rings. The van der Waals surface area contributed by atoms with E-state index < -0.39 is 17.7 Å². The van der Waals surface area contributed by atoms with Gasteiger partial charge in [0.05, 0.1) is 18.1 Å². The Labute approximate surface area is 278 Å². The highest BCUT2D eigenvalue weighted by Crippen LogP contribution is 2.32. The molecule has 8 nitrogen and oxygen atoms in total. The number of benzene rings is 3. The lowest BCUT2D eigenvalue weighted by Gasteiger charge is -2.29. The highest BCUT2D eigenvalue weighted by Gasteiger charge is 2.33. The first-order valence-corrected chi connectivity index (χ1v) is 17.2. The van der Waals surface area contributed by atoms with Crippen molar-refractivity contribution in [3.8, 4) is 0 Å². The van der Waals surface area contributed by atoms with Crippen molar-refractivity contribution in [1.82, 2.24) is 21.3 Å². The van der Waals surface area contributed by atoms with E-state index in [2.05, 4.69) is 69.8 Å². The molecule has 5 unspecified atom stereocenters. The highest BCUT2D eigenvalue weighted by molar-refractivity contribution is 5.86. The van der Waals surface area contributed by atoms with Gasteiger partial charge < -0.3 is 26.0 Å². The molecule has 5 atom stereocenters. The summed E-state index contributed by atoms with van der Waals surface area (Å²) >= 11 is 0. The standard InChI is InChI=1S/C39H48N4O4/c1-39(2,3)47-38(46)43-35(37(45)42-33-17-9-13-28-11-5-7-15-31(28)33)22-25-18-20-26(21-19-25)29-23-34(40-24-29)36(44)41-32-16-8-12-27-10-4-6-14-30(27)32/h4-7,10-11,14-15,18-21,29,32-35,40H,8-9,12-13,16-17,22-24H2,1-3H3,(H,41,44)(H,42,45)(H,43,46). The lowest BCUT2D eigenvalue weighted by molar-refractivity contribution is -0.124. The van der Waals surface area contributed by atoms with Crippen LogP contribution in [0.2, 0.25) is 0 Å². The number of nitrogens with one attached hydrogen (secondary N) is 4. The second kappa shape index (κ2) is 14.3. The normalized spacial score (nSPS) is 22.7. The maximum absolute atomic E-state index is 13.7. The molecule has 3 amide bonds. The van der Waals surface area contributed by atoms with Gasteiger partial charge in [0.25, 0.3) is 0 Å². The summed E-state index contributed by atoms with van der Waals surface area (Å²) in [4.78, 5) is 39.8. The molecule has 6 rings (SSSR count). The zero-order valence-corrected chi connectivity index (χ0v) is 27.8. The minimum absolute atomic E-state index is 0.0634. The second-order valence-electron chi connectivity index (χ2n) is 14.3. The highest BCUT2D eigenvalue weighted by atomic mass is 16.6. The van der Waals surface area contributed by atoms with E-state index in [4.69, 9.17) is 4.74 Å². The first-order chi connectivity index (χ1) is 22.6. The van der Waals surface area contributed by atoms with Gasteiger partial charge in [0.1, 0.15) is 11.6 Å². The van der Waals surface area contributed by atoms with Gasteiger partial charge in [0, 0.05) is 13.0 Å². The van der Waals surface area contributed by atoms with E-state index in [1.807, 2.05) is 24.3 Å². The fourth-order valence-electron chi connectivity index (χ4n) is 7.36. The van der Waals surface area contributed by atoms with Crippen molar-refractivity contribution >= 4 is 17.9 Å². The molecule has 0 saturated carbocycles. The fourth-order valence-corrected chi connectivity index (χ4v) is 7.36. The van der Waals surface area contributed by atoms with E-state index in [0.717, 1.165) is 68.2 Å². The molecule has 0 spiro atoms. The molecule has 1 aliphatic heterocycles. The molecular formula is C39H48N4O4. The van der Waals surface area contributed by atoms with Crippen LogP contribution in [0.25, 0.3) is 0 Å². The number of hydrogen-bond donors (Lipinski definition) is 4. The van der Waals surface area contributed by atoms with Crippen molar-refractivity contribution in [2.75, 3.05) is 6.54 Å². The van der Waals surface area contributed by atoms with Crippen molar-refractivity contribution in [2.45, 2.75) is 108 Å². The van der Waals surface area contributed by atoms with Crippen molar-refractivity contribution < 1.29 is 19.1 Å². The van der Waals surface area contributed by atoms with Crippen molar-refractivity contribution in [3.05, 3.63) is 106 Å². The van der Waals surface area contributed by atoms with Gasteiger partial charge in [0.15, 0.2) is 0 Å². The molecule has 0 aromatic heterocycles. The van der Waals surface area contributed by atoms with E-state index in [0.29, 0.717) is 6.42 Å². The van der Waals surface area contributed by atoms with Crippen LogP contribution in [0.15, 0.2) is 72.8 Å². The summed E-state index contributed by atoms with van der Waals surface area (Å²) in [7, 11) is 0. The Bertz CT molecular complexity index is 1580. The molecule has 248 valence electrons. The number of amides is 3. The Balaban J connectivity index is 1.08. The predicted molar refractivity (Wildman–Crippen MR) is 183 cm³/mol. The summed E-state index contributed by atoms with van der Waals surface area (Å²) in [6, 6.07) is 23.8. The first kappa shape index (κ1) is 32.8. The number of fused-ring (bicyclic) bond motifs is 2. The Hall–Kier alpha value is -4.17. The van der Waals surface area contributed by atoms with Crippen LogP contribution in [-0.4, -0.2) is 42.1 Å². The van der Waals surface area contributed by atoms with Gasteiger partial charge in [-0.05, 0) is 105 Å². The molecule has 3 aromatic carbocycles. The molecule has 1 saturated heterocycles. The van der Waals surface area contributed by atoms with Gasteiger partial charge in [-0.1, -0.05) is 72.8 Å². The van der Waals surface area contributed by atoms with E-state index in [9.17, 15) is 14.4 Å². The lowest BCUT2D eigenvalue weighted by Crippen LogP contribution is -2.50. The quantitative estimate of drug-likeness (QED) is 0.244. The van der Waals surface area contributed by atoms with Crippen LogP contribution in [0.4, 0.5) is 4.79 Å². The van der Waals surface area contributed by atoms with Gasteiger partial charge in [-0.2, -0.15) is 0 Å². The van der Waals surface area contributed by atoms with Gasteiger partial charge in [-0.15, -0.1) is 0 Å². The summed E-state index contributed by atoms with van der Waals surface area (Å²) in [5, 5.41) is 12.8. The molecule has 4 N–H and O–H groups in total. The Kier molecular flexibility index (Phi) is 9.97. The third-order valence-corrected chi connectivity index (χ3v) is 9.72. The van der Waals surface area contributed by atoms with E-state index in [1.165, 1.54) is 16.7 Å². The smallest absolute Gasteiger partial charge is 0.408 e. The number of aryl methyl sites for hydroxylation is 2. The van der Waals surface area contributed by atoms with Crippen LogP contribution in [0, 0.1) is 0 Å². The minimum Gasteiger partial charge on any atom is -0.444 e. The lowest BCUT2D eigenvalue weighted by atomic mass is 9.87. The number of alkyl carbamates (subject to hydrolysis) is 1. The van der Waals surface area contributed by atoms with Crippen LogP contribution >= 0.6 is 0 Å². The van der Waals surface area contributed by atoms with Gasteiger partial charge in [-0.3, -0.25) is 9.59 Å². The monoisotopic (exact) mass is 636 g/mol.